The number of carbonyl (C=O) groups excluding carboxylic acids is 1. The van der Waals surface area contributed by atoms with Gasteiger partial charge in [-0.25, -0.2) is 16.8 Å². The van der Waals surface area contributed by atoms with Crippen LogP contribution in [0.15, 0.2) is 95.9 Å². The lowest BCUT2D eigenvalue weighted by molar-refractivity contribution is 0.102. The van der Waals surface area contributed by atoms with Crippen LogP contribution in [0.1, 0.15) is 21.5 Å². The molecule has 0 fully saturated rings. The van der Waals surface area contributed by atoms with E-state index in [1.807, 2.05) is 13.0 Å². The molecular formula is C28H25Cl2N3O5S2. The predicted octanol–water partition coefficient (Wildman–Crippen LogP) is 6.32. The number of halogens is 2. The predicted molar refractivity (Wildman–Crippen MR) is 160 cm³/mol. The third-order valence-corrected chi connectivity index (χ3v) is 9.19. The number of carbonyl (C=O) groups is 1. The third kappa shape index (κ3) is 7.14. The Hall–Kier alpha value is -3.57. The van der Waals surface area contributed by atoms with Gasteiger partial charge in [-0.3, -0.25) is 13.8 Å². The fourth-order valence-corrected chi connectivity index (χ4v) is 6.17. The first-order valence-corrected chi connectivity index (χ1v) is 15.9. The quantitative estimate of drug-likeness (QED) is 0.228. The summed E-state index contributed by atoms with van der Waals surface area (Å²) in [5.41, 5.74) is 3.07. The number of nitrogens with one attached hydrogen (secondary N) is 2. The molecule has 0 aliphatic heterocycles. The zero-order valence-electron chi connectivity index (χ0n) is 21.4. The number of sulfonamides is 2. The van der Waals surface area contributed by atoms with Crippen molar-refractivity contribution in [1.82, 2.24) is 0 Å². The molecule has 0 unspecified atom stereocenters. The summed E-state index contributed by atoms with van der Waals surface area (Å²) in [5.74, 6) is -0.412. The van der Waals surface area contributed by atoms with Gasteiger partial charge in [0.05, 0.1) is 39.1 Å². The van der Waals surface area contributed by atoms with Gasteiger partial charge in [0.1, 0.15) is 0 Å². The molecule has 0 aliphatic carbocycles. The number of benzene rings is 4. The highest BCUT2D eigenvalue weighted by Gasteiger charge is 2.19. The van der Waals surface area contributed by atoms with Gasteiger partial charge in [-0.2, -0.15) is 0 Å². The molecule has 0 atom stereocenters. The minimum absolute atomic E-state index is 0.0325. The number of nitrogens with zero attached hydrogens (tertiary/aromatic N) is 1. The van der Waals surface area contributed by atoms with E-state index in [-0.39, 0.29) is 27.2 Å². The van der Waals surface area contributed by atoms with Crippen molar-refractivity contribution >= 4 is 66.2 Å². The van der Waals surface area contributed by atoms with Gasteiger partial charge in [0.15, 0.2) is 0 Å². The first-order valence-electron chi connectivity index (χ1n) is 11.8. The van der Waals surface area contributed by atoms with Crippen molar-refractivity contribution < 1.29 is 21.6 Å². The average Bonchev–Trinajstić information content (AvgIpc) is 2.90. The number of rotatable bonds is 9. The van der Waals surface area contributed by atoms with Crippen LogP contribution in [0.25, 0.3) is 0 Å². The molecule has 0 radical (unpaired) electrons. The summed E-state index contributed by atoms with van der Waals surface area (Å²) < 4.78 is 54.1. The Morgan fingerprint density at radius 3 is 2.12 bits per heavy atom. The zero-order chi connectivity index (χ0) is 29.1. The SMILES string of the molecule is Cc1cccc(N(Cc2ccc(C(=O)Nc3ccc(S(=O)(=O)Nc4cccc(Cl)c4Cl)cc3)cc2)S(C)(=O)=O)c1. The van der Waals surface area contributed by atoms with Crippen LogP contribution < -0.4 is 14.3 Å². The van der Waals surface area contributed by atoms with E-state index in [9.17, 15) is 21.6 Å². The highest BCUT2D eigenvalue weighted by molar-refractivity contribution is 7.92. The molecule has 0 saturated carbocycles. The highest BCUT2D eigenvalue weighted by Crippen LogP contribution is 2.31. The Kier molecular flexibility index (Phi) is 8.74. The van der Waals surface area contributed by atoms with Gasteiger partial charge in [0, 0.05) is 11.3 Å². The number of amides is 1. The molecule has 2 N–H and O–H groups in total. The minimum Gasteiger partial charge on any atom is -0.322 e. The molecular weight excluding hydrogens is 593 g/mol. The van der Waals surface area contributed by atoms with Crippen LogP contribution in [0.2, 0.25) is 10.0 Å². The molecule has 12 heteroatoms. The van der Waals surface area contributed by atoms with Crippen LogP contribution in [-0.4, -0.2) is 29.0 Å². The number of anilines is 3. The molecule has 1 amide bonds. The molecule has 0 bridgehead atoms. The lowest BCUT2D eigenvalue weighted by Crippen LogP contribution is -2.29. The number of hydrogen-bond acceptors (Lipinski definition) is 5. The molecule has 0 aromatic heterocycles. The van der Waals surface area contributed by atoms with Gasteiger partial charge < -0.3 is 5.32 Å². The van der Waals surface area contributed by atoms with E-state index < -0.39 is 26.0 Å². The summed E-state index contributed by atoms with van der Waals surface area (Å²) in [5, 5.41) is 3.02. The third-order valence-electron chi connectivity index (χ3n) is 5.85. The molecule has 4 rings (SSSR count). The molecule has 0 spiro atoms. The summed E-state index contributed by atoms with van der Waals surface area (Å²) in [6, 6.07) is 24.0. The van der Waals surface area contributed by atoms with Gasteiger partial charge in [-0.1, -0.05) is 53.5 Å². The molecule has 208 valence electrons. The molecule has 0 saturated heterocycles. The van der Waals surface area contributed by atoms with E-state index in [0.29, 0.717) is 22.5 Å². The van der Waals surface area contributed by atoms with Crippen LogP contribution in [0, 0.1) is 6.92 Å². The molecule has 0 heterocycles. The van der Waals surface area contributed by atoms with Crippen LogP contribution in [0.4, 0.5) is 17.1 Å². The maximum atomic E-state index is 12.8. The first-order chi connectivity index (χ1) is 18.8. The Morgan fingerprint density at radius 2 is 1.50 bits per heavy atom. The van der Waals surface area contributed by atoms with E-state index >= 15 is 0 Å². The highest BCUT2D eigenvalue weighted by atomic mass is 35.5. The van der Waals surface area contributed by atoms with Gasteiger partial charge >= 0.3 is 0 Å². The Bertz CT molecular complexity index is 1760. The smallest absolute Gasteiger partial charge is 0.261 e. The Labute approximate surface area is 243 Å². The van der Waals surface area contributed by atoms with Gasteiger partial charge in [-0.05, 0) is 78.7 Å². The summed E-state index contributed by atoms with van der Waals surface area (Å²) in [7, 11) is -7.49. The monoisotopic (exact) mass is 617 g/mol. The summed E-state index contributed by atoms with van der Waals surface area (Å²) in [6.07, 6.45) is 1.15. The second-order valence-corrected chi connectivity index (χ2v) is 13.4. The second kappa shape index (κ2) is 11.9. The molecule has 40 heavy (non-hydrogen) atoms. The Morgan fingerprint density at radius 1 is 0.850 bits per heavy atom. The first kappa shape index (κ1) is 29.4. The Balaban J connectivity index is 1.43. The number of aryl methyl sites for hydroxylation is 1. The lowest BCUT2D eigenvalue weighted by Gasteiger charge is -2.23. The van der Waals surface area contributed by atoms with E-state index in [1.54, 1.807) is 54.6 Å². The van der Waals surface area contributed by atoms with E-state index in [4.69, 9.17) is 23.2 Å². The average molecular weight is 619 g/mol. The van der Waals surface area contributed by atoms with Crippen LogP contribution in [0.3, 0.4) is 0 Å². The molecule has 8 nitrogen and oxygen atoms in total. The maximum Gasteiger partial charge on any atom is 0.261 e. The van der Waals surface area contributed by atoms with Crippen LogP contribution in [0.5, 0.6) is 0 Å². The molecule has 0 aliphatic rings. The fraction of sp³-hybridized carbons (Fsp3) is 0.107. The van der Waals surface area contributed by atoms with Crippen molar-refractivity contribution in [1.29, 1.82) is 0 Å². The summed E-state index contributed by atoms with van der Waals surface area (Å²) >= 11 is 12.0. The van der Waals surface area contributed by atoms with Crippen molar-refractivity contribution in [3.05, 3.63) is 118 Å². The topological polar surface area (TPSA) is 113 Å². The lowest BCUT2D eigenvalue weighted by atomic mass is 10.1. The number of hydrogen-bond donors (Lipinski definition) is 2. The van der Waals surface area contributed by atoms with Gasteiger partial charge in [-0.15, -0.1) is 0 Å². The second-order valence-electron chi connectivity index (χ2n) is 8.99. The molecule has 4 aromatic carbocycles. The van der Waals surface area contributed by atoms with E-state index in [1.165, 1.54) is 34.6 Å². The zero-order valence-corrected chi connectivity index (χ0v) is 24.6. The standard InChI is InChI=1S/C28H25Cl2N3O5S2/c1-19-5-3-6-23(17-19)33(39(2,35)36)18-20-9-11-21(12-10-20)28(34)31-22-13-15-24(16-14-22)40(37,38)32-26-8-4-7-25(29)27(26)30/h3-17,32H,18H2,1-2H3,(H,31,34). The van der Waals surface area contributed by atoms with Crippen molar-refractivity contribution in [3.63, 3.8) is 0 Å². The maximum absolute atomic E-state index is 12.8. The van der Waals surface area contributed by atoms with Crippen LogP contribution in [-0.2, 0) is 26.6 Å². The summed E-state index contributed by atoms with van der Waals surface area (Å²) in [4.78, 5) is 12.8. The van der Waals surface area contributed by atoms with Crippen molar-refractivity contribution in [3.8, 4) is 0 Å². The summed E-state index contributed by atoms with van der Waals surface area (Å²) in [6.45, 7) is 1.99. The van der Waals surface area contributed by atoms with E-state index in [0.717, 1.165) is 11.8 Å². The van der Waals surface area contributed by atoms with Crippen LogP contribution >= 0.6 is 23.2 Å². The van der Waals surface area contributed by atoms with Gasteiger partial charge in [0.25, 0.3) is 15.9 Å². The van der Waals surface area contributed by atoms with Crippen molar-refractivity contribution in [2.24, 2.45) is 0 Å². The van der Waals surface area contributed by atoms with Gasteiger partial charge in [0.2, 0.25) is 10.0 Å². The fourth-order valence-electron chi connectivity index (χ4n) is 3.82. The normalized spacial score (nSPS) is 11.6. The minimum atomic E-state index is -3.95. The molecule has 4 aromatic rings. The van der Waals surface area contributed by atoms with E-state index in [2.05, 4.69) is 10.0 Å². The van der Waals surface area contributed by atoms with Crippen molar-refractivity contribution in [2.45, 2.75) is 18.4 Å². The van der Waals surface area contributed by atoms with Crippen molar-refractivity contribution in [2.75, 3.05) is 20.6 Å². The largest absolute Gasteiger partial charge is 0.322 e.